The predicted octanol–water partition coefficient (Wildman–Crippen LogP) is 27.8. The molecule has 1 amide bonds. The fourth-order valence-electron chi connectivity index (χ4n) is 13.3. The zero-order valence-electron chi connectivity index (χ0n) is 61.9. The molecule has 6 nitrogen and oxygen atoms in total. The number of carbonyl (C=O) groups is 2. The van der Waals surface area contributed by atoms with E-state index >= 15 is 0 Å². The van der Waals surface area contributed by atoms with E-state index in [0.717, 1.165) is 51.4 Å². The van der Waals surface area contributed by atoms with Crippen LogP contribution in [0.15, 0.2) is 36.5 Å². The van der Waals surface area contributed by atoms with E-state index in [1.807, 2.05) is 0 Å². The Kier molecular flexibility index (Phi) is 78.8. The zero-order chi connectivity index (χ0) is 65.6. The fraction of sp³-hybridized carbons (Fsp3) is 0.906. The van der Waals surface area contributed by atoms with Crippen molar-refractivity contribution in [3.8, 4) is 0 Å². The van der Waals surface area contributed by atoms with Gasteiger partial charge >= 0.3 is 5.97 Å². The highest BCUT2D eigenvalue weighted by Crippen LogP contribution is 2.20. The third-order valence-electron chi connectivity index (χ3n) is 19.7. The van der Waals surface area contributed by atoms with Gasteiger partial charge in [0.25, 0.3) is 0 Å². The Morgan fingerprint density at radius 1 is 0.308 bits per heavy atom. The van der Waals surface area contributed by atoms with Crippen molar-refractivity contribution in [3.63, 3.8) is 0 Å². The number of aliphatic hydroxyl groups is 2. The summed E-state index contributed by atoms with van der Waals surface area (Å²) in [5.74, 6) is -0.0192. The molecule has 2 unspecified atom stereocenters. The number of amides is 1. The van der Waals surface area contributed by atoms with Crippen LogP contribution in [0.3, 0.4) is 0 Å². The van der Waals surface area contributed by atoms with Crippen LogP contribution in [0.5, 0.6) is 0 Å². The first-order valence-corrected chi connectivity index (χ1v) is 41.7. The zero-order valence-corrected chi connectivity index (χ0v) is 61.9. The van der Waals surface area contributed by atoms with Gasteiger partial charge in [0.15, 0.2) is 0 Å². The third kappa shape index (κ3) is 77.0. The highest BCUT2D eigenvalue weighted by Gasteiger charge is 2.20. The van der Waals surface area contributed by atoms with Crippen molar-refractivity contribution in [2.45, 2.75) is 482 Å². The molecule has 0 aromatic heterocycles. The average Bonchev–Trinajstić information content (AvgIpc) is 3.64. The normalized spacial score (nSPS) is 12.6. The summed E-state index contributed by atoms with van der Waals surface area (Å²) < 4.78 is 5.49. The van der Waals surface area contributed by atoms with E-state index in [-0.39, 0.29) is 18.5 Å². The van der Waals surface area contributed by atoms with Gasteiger partial charge in [0, 0.05) is 12.8 Å². The monoisotopic (exact) mass is 1280 g/mol. The van der Waals surface area contributed by atoms with Gasteiger partial charge in [-0.3, -0.25) is 9.59 Å². The molecule has 91 heavy (non-hydrogen) atoms. The van der Waals surface area contributed by atoms with Crippen LogP contribution < -0.4 is 5.32 Å². The number of nitrogens with one attached hydrogen (secondary N) is 1. The van der Waals surface area contributed by atoms with Crippen molar-refractivity contribution in [2.75, 3.05) is 13.2 Å². The quantitative estimate of drug-likeness (QED) is 0.0320. The second-order valence-corrected chi connectivity index (χ2v) is 28.8. The third-order valence-corrected chi connectivity index (χ3v) is 19.7. The van der Waals surface area contributed by atoms with Crippen molar-refractivity contribution in [3.05, 3.63) is 36.5 Å². The predicted molar refractivity (Wildman–Crippen MR) is 403 cm³/mol. The largest absolute Gasteiger partial charge is 0.466 e. The summed E-state index contributed by atoms with van der Waals surface area (Å²) in [5, 5.41) is 23.5. The highest BCUT2D eigenvalue weighted by molar-refractivity contribution is 5.76. The van der Waals surface area contributed by atoms with E-state index in [4.69, 9.17) is 4.74 Å². The molecule has 0 aromatic rings. The lowest BCUT2D eigenvalue weighted by molar-refractivity contribution is -0.143. The van der Waals surface area contributed by atoms with E-state index in [9.17, 15) is 19.8 Å². The standard InChI is InChI=1S/C85H163NO5/c1-3-5-7-9-11-13-15-17-19-20-21-22-23-35-38-41-44-47-50-53-57-61-65-69-73-77-83(88)82(81-87)86-84(89)78-74-70-66-62-58-54-51-48-45-42-39-36-33-31-29-27-25-24-26-28-30-32-34-37-40-43-46-49-52-56-60-64-68-72-76-80-91-85(90)79-75-71-67-63-59-55-18-16-14-12-10-8-6-4-2/h10,12,16,18,26,28,82-83,87-88H,3-9,11,13-15,17,19-25,27,29-81H2,1-2H3,(H,86,89)/b12-10-,18-16-,28-26-. The van der Waals surface area contributed by atoms with Crippen molar-refractivity contribution < 1.29 is 24.5 Å². The maximum Gasteiger partial charge on any atom is 0.305 e. The molecule has 0 saturated heterocycles. The number of ether oxygens (including phenoxy) is 1. The summed E-state index contributed by atoms with van der Waals surface area (Å²) in [7, 11) is 0. The molecule has 2 atom stereocenters. The number of hydrogen-bond acceptors (Lipinski definition) is 5. The summed E-state index contributed by atoms with van der Waals surface area (Å²) in [5.41, 5.74) is 0. The molecule has 0 radical (unpaired) electrons. The van der Waals surface area contributed by atoms with E-state index in [2.05, 4.69) is 55.6 Å². The fourth-order valence-corrected chi connectivity index (χ4v) is 13.3. The maximum atomic E-state index is 12.6. The average molecular weight is 1280 g/mol. The molecule has 0 aliphatic carbocycles. The molecule has 0 spiro atoms. The van der Waals surface area contributed by atoms with Gasteiger partial charge in [0.2, 0.25) is 5.91 Å². The minimum atomic E-state index is -0.664. The summed E-state index contributed by atoms with van der Waals surface area (Å²) in [4.78, 5) is 24.7. The molecule has 0 heterocycles. The van der Waals surface area contributed by atoms with E-state index < -0.39 is 12.1 Å². The Morgan fingerprint density at radius 3 is 0.879 bits per heavy atom. The lowest BCUT2D eigenvalue weighted by Crippen LogP contribution is -2.45. The molecule has 0 fully saturated rings. The Morgan fingerprint density at radius 2 is 0.560 bits per heavy atom. The Labute approximate surface area is 570 Å². The molecule has 0 saturated carbocycles. The van der Waals surface area contributed by atoms with Crippen molar-refractivity contribution in [1.82, 2.24) is 5.32 Å². The molecule has 0 aliphatic heterocycles. The second kappa shape index (κ2) is 80.5. The van der Waals surface area contributed by atoms with Gasteiger partial charge in [-0.05, 0) is 77.0 Å². The topological polar surface area (TPSA) is 95.9 Å². The molecule has 0 bridgehead atoms. The SMILES string of the molecule is CCCC/C=C\C/C=C\CCCCCCCC(=O)OCCCCCCCCCCCCCCCC/C=C\CCCCCCCCCCCCCCCCCCCC(=O)NC(CO)C(O)CCCCCCCCCCCCCCCCCCCCCCCCCCC. The number of aliphatic hydroxyl groups excluding tert-OH is 2. The van der Waals surface area contributed by atoms with Crippen LogP contribution in [0, 0.1) is 0 Å². The van der Waals surface area contributed by atoms with Crippen LogP contribution in [-0.4, -0.2) is 47.4 Å². The molecule has 0 rings (SSSR count). The molecule has 6 heteroatoms. The molecular weight excluding hydrogens is 1110 g/mol. The van der Waals surface area contributed by atoms with Crippen LogP contribution in [-0.2, 0) is 14.3 Å². The van der Waals surface area contributed by atoms with Crippen LogP contribution in [0.4, 0.5) is 0 Å². The van der Waals surface area contributed by atoms with Crippen LogP contribution in [0.25, 0.3) is 0 Å². The Bertz CT molecular complexity index is 1470. The van der Waals surface area contributed by atoms with Crippen molar-refractivity contribution >= 4 is 11.9 Å². The smallest absolute Gasteiger partial charge is 0.305 e. The molecule has 0 aliphatic rings. The minimum absolute atomic E-state index is 0.00628. The number of allylic oxidation sites excluding steroid dienone is 6. The van der Waals surface area contributed by atoms with Crippen molar-refractivity contribution in [2.24, 2.45) is 0 Å². The van der Waals surface area contributed by atoms with Gasteiger partial charge in [-0.15, -0.1) is 0 Å². The lowest BCUT2D eigenvalue weighted by atomic mass is 10.0. The molecule has 0 aromatic carbocycles. The summed E-state index contributed by atoms with van der Waals surface area (Å²) >= 11 is 0. The van der Waals surface area contributed by atoms with Crippen molar-refractivity contribution in [1.29, 1.82) is 0 Å². The van der Waals surface area contributed by atoms with Gasteiger partial charge in [-0.25, -0.2) is 0 Å². The molecule has 538 valence electrons. The van der Waals surface area contributed by atoms with Gasteiger partial charge in [0.05, 0.1) is 25.4 Å². The molecular formula is C85H163NO5. The van der Waals surface area contributed by atoms with Gasteiger partial charge in [-0.2, -0.15) is 0 Å². The first kappa shape index (κ1) is 89.1. The van der Waals surface area contributed by atoms with E-state index in [1.54, 1.807) is 0 Å². The van der Waals surface area contributed by atoms with Crippen LogP contribution in [0.2, 0.25) is 0 Å². The van der Waals surface area contributed by atoms with E-state index in [1.165, 1.54) is 385 Å². The second-order valence-electron chi connectivity index (χ2n) is 28.8. The lowest BCUT2D eigenvalue weighted by Gasteiger charge is -2.22. The first-order valence-electron chi connectivity index (χ1n) is 41.7. The Hall–Kier alpha value is -1.92. The maximum absolute atomic E-state index is 12.6. The summed E-state index contributed by atoms with van der Waals surface area (Å²) in [6.45, 7) is 4.96. The number of unbranched alkanes of at least 4 members (excludes halogenated alkanes) is 62. The first-order chi connectivity index (χ1) is 45.0. The number of carbonyl (C=O) groups excluding carboxylic acids is 2. The summed E-state index contributed by atoms with van der Waals surface area (Å²) in [6.07, 6.45) is 105. The summed E-state index contributed by atoms with van der Waals surface area (Å²) in [6, 6.07) is -0.541. The van der Waals surface area contributed by atoms with Gasteiger partial charge in [-0.1, -0.05) is 416 Å². The van der Waals surface area contributed by atoms with Gasteiger partial charge in [0.1, 0.15) is 0 Å². The van der Waals surface area contributed by atoms with Crippen LogP contribution in [0.1, 0.15) is 470 Å². The number of rotatable bonds is 79. The Balaban J connectivity index is 3.35. The van der Waals surface area contributed by atoms with E-state index in [0.29, 0.717) is 25.9 Å². The van der Waals surface area contributed by atoms with Crippen LogP contribution >= 0.6 is 0 Å². The number of hydrogen-bond donors (Lipinski definition) is 3. The highest BCUT2D eigenvalue weighted by atomic mass is 16.5. The van der Waals surface area contributed by atoms with Gasteiger partial charge < -0.3 is 20.3 Å². The number of esters is 1. The minimum Gasteiger partial charge on any atom is -0.466 e. The molecule has 3 N–H and O–H groups in total.